The molecule has 1 aromatic carbocycles. The molecule has 0 radical (unpaired) electrons. The highest BCUT2D eigenvalue weighted by atomic mass is 35.5. The molecule has 2 atom stereocenters. The van der Waals surface area contributed by atoms with Gasteiger partial charge < -0.3 is 10.1 Å². The second-order valence-corrected chi connectivity index (χ2v) is 5.50. The lowest BCUT2D eigenvalue weighted by atomic mass is 10.00. The maximum atomic E-state index is 12.1. The van der Waals surface area contributed by atoms with Crippen LogP contribution in [-0.2, 0) is 4.79 Å². The third kappa shape index (κ3) is 4.33. The normalized spacial score (nSPS) is 14.8. The molecule has 0 saturated carbocycles. The maximum Gasteiger partial charge on any atom is 0.261 e. The van der Waals surface area contributed by atoms with Crippen LogP contribution in [0.15, 0.2) is 18.2 Å². The Kier molecular flexibility index (Phi) is 5.74. The molecule has 20 heavy (non-hydrogen) atoms. The van der Waals surface area contributed by atoms with E-state index in [1.54, 1.807) is 32.0 Å². The van der Waals surface area contributed by atoms with E-state index in [0.29, 0.717) is 22.2 Å². The van der Waals surface area contributed by atoms with Crippen molar-refractivity contribution in [1.29, 1.82) is 0 Å². The number of terminal acetylenes is 1. The third-order valence-corrected chi connectivity index (χ3v) is 3.52. The lowest BCUT2D eigenvalue weighted by molar-refractivity contribution is -0.128. The quantitative estimate of drug-likeness (QED) is 0.842. The summed E-state index contributed by atoms with van der Waals surface area (Å²) in [5, 5.41) is 3.63. The third-order valence-electron chi connectivity index (χ3n) is 2.99. The predicted molar refractivity (Wildman–Crippen MR) is 82.2 cm³/mol. The number of nitrogens with one attached hydrogen (secondary N) is 1. The molecule has 0 unspecified atom stereocenters. The highest BCUT2D eigenvalue weighted by Gasteiger charge is 2.25. The van der Waals surface area contributed by atoms with Gasteiger partial charge in [0.15, 0.2) is 6.10 Å². The molecular formula is C15H17Cl2NO2. The van der Waals surface area contributed by atoms with Crippen LogP contribution in [0.25, 0.3) is 0 Å². The number of hydrogen-bond acceptors (Lipinski definition) is 2. The molecule has 1 rings (SSSR count). The van der Waals surface area contributed by atoms with Crippen molar-refractivity contribution in [1.82, 2.24) is 5.32 Å². The largest absolute Gasteiger partial charge is 0.479 e. The zero-order valence-corrected chi connectivity index (χ0v) is 13.2. The molecule has 0 bridgehead atoms. The van der Waals surface area contributed by atoms with Gasteiger partial charge in [-0.2, -0.15) is 0 Å². The molecule has 3 nitrogen and oxygen atoms in total. The Hall–Kier alpha value is -1.37. The van der Waals surface area contributed by atoms with Crippen LogP contribution in [0.2, 0.25) is 10.0 Å². The van der Waals surface area contributed by atoms with Gasteiger partial charge in [-0.25, -0.2) is 0 Å². The number of hydrogen-bond donors (Lipinski definition) is 1. The van der Waals surface area contributed by atoms with Gasteiger partial charge in [-0.15, -0.1) is 6.42 Å². The van der Waals surface area contributed by atoms with Crippen LogP contribution in [0.5, 0.6) is 5.75 Å². The first-order valence-corrected chi connectivity index (χ1v) is 6.98. The molecule has 0 aliphatic rings. The number of amides is 1. The van der Waals surface area contributed by atoms with E-state index in [0.717, 1.165) is 0 Å². The monoisotopic (exact) mass is 313 g/mol. The second kappa shape index (κ2) is 6.88. The first kappa shape index (κ1) is 16.7. The van der Waals surface area contributed by atoms with Crippen molar-refractivity contribution in [2.75, 3.05) is 0 Å². The summed E-state index contributed by atoms with van der Waals surface area (Å²) >= 11 is 11.8. The Morgan fingerprint density at radius 1 is 1.55 bits per heavy atom. The standard InChI is InChI=1S/C15H17Cl2NO2/c1-5-15(4,6-2)18-14(19)10(3)20-13-8-7-11(16)9-12(13)17/h1,7-10H,6H2,2-4H3,(H,18,19)/t10-,15+/m0/s1. The molecule has 0 aromatic heterocycles. The summed E-state index contributed by atoms with van der Waals surface area (Å²) in [5.41, 5.74) is -0.682. The first-order chi connectivity index (χ1) is 9.31. The van der Waals surface area contributed by atoms with Crippen molar-refractivity contribution in [3.8, 4) is 18.1 Å². The molecular weight excluding hydrogens is 297 g/mol. The van der Waals surface area contributed by atoms with E-state index in [2.05, 4.69) is 11.2 Å². The van der Waals surface area contributed by atoms with Gasteiger partial charge >= 0.3 is 0 Å². The van der Waals surface area contributed by atoms with E-state index in [1.807, 2.05) is 6.92 Å². The van der Waals surface area contributed by atoms with Crippen LogP contribution in [0.1, 0.15) is 27.2 Å². The SMILES string of the molecule is C#C[C@](C)(CC)NC(=O)[C@H](C)Oc1ccc(Cl)cc1Cl. The topological polar surface area (TPSA) is 38.3 Å². The van der Waals surface area contributed by atoms with Gasteiger partial charge in [-0.05, 0) is 38.5 Å². The lowest BCUT2D eigenvalue weighted by Gasteiger charge is -2.25. The summed E-state index contributed by atoms with van der Waals surface area (Å²) in [6.07, 6.45) is 5.33. The van der Waals surface area contributed by atoms with Crippen LogP contribution in [-0.4, -0.2) is 17.6 Å². The van der Waals surface area contributed by atoms with Gasteiger partial charge in [0.25, 0.3) is 5.91 Å². The summed E-state index contributed by atoms with van der Waals surface area (Å²) < 4.78 is 5.53. The van der Waals surface area contributed by atoms with Crippen molar-refractivity contribution in [3.63, 3.8) is 0 Å². The summed E-state index contributed by atoms with van der Waals surface area (Å²) in [4.78, 5) is 12.1. The number of rotatable bonds is 5. The van der Waals surface area contributed by atoms with E-state index >= 15 is 0 Å². The van der Waals surface area contributed by atoms with Crippen molar-refractivity contribution in [2.45, 2.75) is 38.8 Å². The number of halogens is 2. The minimum absolute atomic E-state index is 0.293. The average molecular weight is 314 g/mol. The van der Waals surface area contributed by atoms with Crippen LogP contribution in [0, 0.1) is 12.3 Å². The number of carbonyl (C=O) groups is 1. The number of ether oxygens (including phenoxy) is 1. The number of benzene rings is 1. The van der Waals surface area contributed by atoms with Crippen molar-refractivity contribution in [3.05, 3.63) is 28.2 Å². The highest BCUT2D eigenvalue weighted by Crippen LogP contribution is 2.28. The van der Waals surface area contributed by atoms with E-state index < -0.39 is 11.6 Å². The molecule has 1 amide bonds. The van der Waals surface area contributed by atoms with Crippen LogP contribution in [0.4, 0.5) is 0 Å². The zero-order chi connectivity index (χ0) is 15.3. The molecule has 108 valence electrons. The first-order valence-electron chi connectivity index (χ1n) is 6.23. The fourth-order valence-electron chi connectivity index (χ4n) is 1.41. The minimum atomic E-state index is -0.715. The van der Waals surface area contributed by atoms with Gasteiger partial charge in [0.2, 0.25) is 0 Å². The van der Waals surface area contributed by atoms with Gasteiger partial charge in [-0.1, -0.05) is 36.0 Å². The second-order valence-electron chi connectivity index (χ2n) is 4.65. The smallest absolute Gasteiger partial charge is 0.261 e. The fourth-order valence-corrected chi connectivity index (χ4v) is 1.87. The Balaban J connectivity index is 2.74. The van der Waals surface area contributed by atoms with Gasteiger partial charge in [-0.3, -0.25) is 4.79 Å². The molecule has 0 saturated heterocycles. The van der Waals surface area contributed by atoms with Gasteiger partial charge in [0, 0.05) is 5.02 Å². The highest BCUT2D eigenvalue weighted by molar-refractivity contribution is 6.35. The molecule has 1 N–H and O–H groups in total. The summed E-state index contributed by atoms with van der Waals surface area (Å²) in [6, 6.07) is 4.82. The average Bonchev–Trinajstić information content (AvgIpc) is 2.41. The van der Waals surface area contributed by atoms with Gasteiger partial charge in [0.05, 0.1) is 10.6 Å². The van der Waals surface area contributed by atoms with Crippen LogP contribution in [0.3, 0.4) is 0 Å². The summed E-state index contributed by atoms with van der Waals surface area (Å²) in [6.45, 7) is 5.32. The molecule has 0 fully saturated rings. The summed E-state index contributed by atoms with van der Waals surface area (Å²) in [7, 11) is 0. The van der Waals surface area contributed by atoms with Crippen molar-refractivity contribution >= 4 is 29.1 Å². The Bertz CT molecular complexity index is 539. The van der Waals surface area contributed by atoms with E-state index in [9.17, 15) is 4.79 Å². The van der Waals surface area contributed by atoms with E-state index in [4.69, 9.17) is 34.4 Å². The number of carbonyl (C=O) groups excluding carboxylic acids is 1. The fraction of sp³-hybridized carbons (Fsp3) is 0.400. The van der Waals surface area contributed by atoms with E-state index in [1.165, 1.54) is 0 Å². The van der Waals surface area contributed by atoms with Gasteiger partial charge in [0.1, 0.15) is 5.75 Å². The molecule has 0 aliphatic heterocycles. The molecule has 5 heteroatoms. The Morgan fingerprint density at radius 3 is 2.70 bits per heavy atom. The summed E-state index contributed by atoms with van der Waals surface area (Å²) in [5.74, 6) is 2.67. The molecule has 0 aliphatic carbocycles. The zero-order valence-electron chi connectivity index (χ0n) is 11.7. The minimum Gasteiger partial charge on any atom is -0.479 e. The Labute approximate surface area is 129 Å². The maximum absolute atomic E-state index is 12.1. The lowest BCUT2D eigenvalue weighted by Crippen LogP contribution is -2.49. The van der Waals surface area contributed by atoms with Crippen LogP contribution < -0.4 is 10.1 Å². The Morgan fingerprint density at radius 2 is 2.20 bits per heavy atom. The van der Waals surface area contributed by atoms with Crippen molar-refractivity contribution in [2.24, 2.45) is 0 Å². The predicted octanol–water partition coefficient (Wildman–Crippen LogP) is 3.68. The molecule has 0 spiro atoms. The molecule has 1 aromatic rings. The molecule has 0 heterocycles. The van der Waals surface area contributed by atoms with Crippen LogP contribution >= 0.6 is 23.2 Å². The van der Waals surface area contributed by atoms with E-state index in [-0.39, 0.29) is 5.91 Å². The van der Waals surface area contributed by atoms with Crippen molar-refractivity contribution < 1.29 is 9.53 Å².